The van der Waals surface area contributed by atoms with Crippen molar-refractivity contribution >= 4 is 11.9 Å². The average molecular weight is 461 g/mol. The van der Waals surface area contributed by atoms with E-state index in [9.17, 15) is 9.59 Å². The van der Waals surface area contributed by atoms with Crippen LogP contribution < -0.4 is 0 Å². The molecule has 0 saturated heterocycles. The first-order valence-corrected chi connectivity index (χ1v) is 12.7. The van der Waals surface area contributed by atoms with Gasteiger partial charge >= 0.3 is 11.9 Å². The summed E-state index contributed by atoms with van der Waals surface area (Å²) < 4.78 is 26.4. The molecule has 0 atom stereocenters. The van der Waals surface area contributed by atoms with Crippen molar-refractivity contribution in [2.45, 2.75) is 97.3 Å². The van der Waals surface area contributed by atoms with E-state index in [1.165, 1.54) is 32.1 Å². The van der Waals surface area contributed by atoms with Gasteiger partial charge in [0.25, 0.3) is 0 Å². The quantitative estimate of drug-likeness (QED) is 0.136. The Bertz CT molecular complexity index is 415. The molecule has 0 fully saturated rings. The topological polar surface area (TPSA) is 80.3 Å². The van der Waals surface area contributed by atoms with Crippen LogP contribution in [0, 0.1) is 0 Å². The molecule has 0 aliphatic rings. The van der Waals surface area contributed by atoms with Crippen molar-refractivity contribution in [1.29, 1.82) is 0 Å². The van der Waals surface area contributed by atoms with Gasteiger partial charge in [-0.1, -0.05) is 71.6 Å². The Morgan fingerprint density at radius 1 is 0.438 bits per heavy atom. The number of esters is 2. The van der Waals surface area contributed by atoms with Crippen molar-refractivity contribution in [3.63, 3.8) is 0 Å². The fourth-order valence-corrected chi connectivity index (χ4v) is 3.04. The van der Waals surface area contributed by atoms with E-state index < -0.39 is 0 Å². The Morgan fingerprint density at radius 3 is 1.16 bits per heavy atom. The molecule has 0 heterocycles. The third-order valence-corrected chi connectivity index (χ3v) is 4.94. The number of ether oxygens (including phenoxy) is 5. The van der Waals surface area contributed by atoms with Gasteiger partial charge in [-0.15, -0.1) is 0 Å². The van der Waals surface area contributed by atoms with Gasteiger partial charge in [-0.2, -0.15) is 0 Å². The van der Waals surface area contributed by atoms with Gasteiger partial charge in [-0.3, -0.25) is 9.59 Å². The molecule has 0 radical (unpaired) electrons. The van der Waals surface area contributed by atoms with Gasteiger partial charge in [0.1, 0.15) is 13.2 Å². The molecule has 32 heavy (non-hydrogen) atoms. The molecular formula is C25H48O7. The van der Waals surface area contributed by atoms with Crippen LogP contribution in [0.5, 0.6) is 0 Å². The Kier molecular flexibility index (Phi) is 25.1. The van der Waals surface area contributed by atoms with Crippen LogP contribution in [0.1, 0.15) is 97.3 Å². The summed E-state index contributed by atoms with van der Waals surface area (Å²) in [6, 6.07) is 0. The molecule has 7 heteroatoms. The SMILES string of the molecule is CCCCCCCCCC(=O)OCCOCCOCCOCCOC(=O)CCCCCC. The molecule has 0 amide bonds. The molecule has 0 aromatic rings. The molecule has 0 aromatic heterocycles. The first-order valence-electron chi connectivity index (χ1n) is 12.7. The van der Waals surface area contributed by atoms with Gasteiger partial charge in [0, 0.05) is 12.8 Å². The second kappa shape index (κ2) is 26.1. The highest BCUT2D eigenvalue weighted by atomic mass is 16.6. The van der Waals surface area contributed by atoms with Crippen LogP contribution in [0.15, 0.2) is 0 Å². The van der Waals surface area contributed by atoms with Crippen LogP contribution in [0.3, 0.4) is 0 Å². The number of unbranched alkanes of at least 4 members (excludes halogenated alkanes) is 9. The second-order valence-electron chi connectivity index (χ2n) is 7.96. The highest BCUT2D eigenvalue weighted by Crippen LogP contribution is 2.08. The van der Waals surface area contributed by atoms with E-state index in [0.29, 0.717) is 52.5 Å². The molecule has 190 valence electrons. The van der Waals surface area contributed by atoms with Crippen molar-refractivity contribution < 1.29 is 33.3 Å². The summed E-state index contributed by atoms with van der Waals surface area (Å²) in [4.78, 5) is 23.1. The van der Waals surface area contributed by atoms with Crippen LogP contribution in [-0.2, 0) is 33.3 Å². The summed E-state index contributed by atoms with van der Waals surface area (Å²) in [5, 5.41) is 0. The lowest BCUT2D eigenvalue weighted by molar-refractivity contribution is -0.146. The average Bonchev–Trinajstić information content (AvgIpc) is 2.79. The predicted molar refractivity (Wildman–Crippen MR) is 126 cm³/mol. The number of carbonyl (C=O) groups excluding carboxylic acids is 2. The van der Waals surface area contributed by atoms with Gasteiger partial charge in [0.05, 0.1) is 39.6 Å². The van der Waals surface area contributed by atoms with E-state index in [0.717, 1.165) is 38.5 Å². The maximum absolute atomic E-state index is 11.6. The molecule has 0 aromatic carbocycles. The van der Waals surface area contributed by atoms with E-state index in [-0.39, 0.29) is 25.2 Å². The molecular weight excluding hydrogens is 412 g/mol. The summed E-state index contributed by atoms with van der Waals surface area (Å²) in [5.41, 5.74) is 0. The Balaban J connectivity index is 3.20. The fourth-order valence-electron chi connectivity index (χ4n) is 3.04. The molecule has 0 spiro atoms. The van der Waals surface area contributed by atoms with Gasteiger partial charge in [0.15, 0.2) is 0 Å². The van der Waals surface area contributed by atoms with Gasteiger partial charge in [-0.05, 0) is 12.8 Å². The van der Waals surface area contributed by atoms with Gasteiger partial charge in [-0.25, -0.2) is 0 Å². The van der Waals surface area contributed by atoms with E-state index in [1.807, 2.05) is 0 Å². The van der Waals surface area contributed by atoms with Crippen LogP contribution in [0.25, 0.3) is 0 Å². The first-order chi connectivity index (χ1) is 15.7. The number of hydrogen-bond donors (Lipinski definition) is 0. The minimum atomic E-state index is -0.151. The Morgan fingerprint density at radius 2 is 0.750 bits per heavy atom. The smallest absolute Gasteiger partial charge is 0.305 e. The Labute approximate surface area is 195 Å². The zero-order valence-corrected chi connectivity index (χ0v) is 20.7. The van der Waals surface area contributed by atoms with Crippen LogP contribution in [0.4, 0.5) is 0 Å². The van der Waals surface area contributed by atoms with Crippen molar-refractivity contribution in [3.05, 3.63) is 0 Å². The highest BCUT2D eigenvalue weighted by molar-refractivity contribution is 5.69. The van der Waals surface area contributed by atoms with E-state index >= 15 is 0 Å². The number of rotatable bonds is 25. The summed E-state index contributed by atoms with van der Waals surface area (Å²) in [6.45, 7) is 7.51. The maximum atomic E-state index is 11.6. The summed E-state index contributed by atoms with van der Waals surface area (Å²) >= 11 is 0. The van der Waals surface area contributed by atoms with Crippen LogP contribution in [0.2, 0.25) is 0 Å². The lowest BCUT2D eigenvalue weighted by atomic mass is 10.1. The molecule has 0 bridgehead atoms. The Hall–Kier alpha value is -1.18. The molecule has 0 saturated carbocycles. The van der Waals surface area contributed by atoms with E-state index in [4.69, 9.17) is 23.7 Å². The normalized spacial score (nSPS) is 10.9. The minimum absolute atomic E-state index is 0.141. The lowest BCUT2D eigenvalue weighted by Crippen LogP contribution is -2.15. The van der Waals surface area contributed by atoms with E-state index in [2.05, 4.69) is 13.8 Å². The van der Waals surface area contributed by atoms with Crippen LogP contribution >= 0.6 is 0 Å². The summed E-state index contributed by atoms with van der Waals surface area (Å²) in [6.07, 6.45) is 13.6. The monoisotopic (exact) mass is 460 g/mol. The molecule has 0 aliphatic heterocycles. The zero-order chi connectivity index (χ0) is 23.5. The summed E-state index contributed by atoms with van der Waals surface area (Å²) in [7, 11) is 0. The molecule has 0 N–H and O–H groups in total. The number of hydrogen-bond acceptors (Lipinski definition) is 7. The van der Waals surface area contributed by atoms with Crippen LogP contribution in [-0.4, -0.2) is 64.8 Å². The molecule has 0 rings (SSSR count). The van der Waals surface area contributed by atoms with Crippen molar-refractivity contribution in [3.8, 4) is 0 Å². The lowest BCUT2D eigenvalue weighted by Gasteiger charge is -2.08. The third-order valence-electron chi connectivity index (χ3n) is 4.94. The van der Waals surface area contributed by atoms with Crippen molar-refractivity contribution in [2.24, 2.45) is 0 Å². The van der Waals surface area contributed by atoms with E-state index in [1.54, 1.807) is 0 Å². The third kappa shape index (κ3) is 25.1. The largest absolute Gasteiger partial charge is 0.463 e. The standard InChI is InChI=1S/C25H48O7/c1-3-5-7-9-10-11-13-15-25(27)32-23-21-30-19-17-28-16-18-29-20-22-31-24(26)14-12-8-6-4-2/h3-23H2,1-2H3. The van der Waals surface area contributed by atoms with Crippen molar-refractivity contribution in [2.75, 3.05) is 52.9 Å². The minimum Gasteiger partial charge on any atom is -0.463 e. The van der Waals surface area contributed by atoms with Gasteiger partial charge in [0.2, 0.25) is 0 Å². The number of carbonyl (C=O) groups is 2. The summed E-state index contributed by atoms with van der Waals surface area (Å²) in [5.74, 6) is -0.292. The predicted octanol–water partition coefficient (Wildman–Crippen LogP) is 5.23. The molecule has 7 nitrogen and oxygen atoms in total. The first kappa shape index (κ1) is 30.8. The van der Waals surface area contributed by atoms with Crippen molar-refractivity contribution in [1.82, 2.24) is 0 Å². The zero-order valence-electron chi connectivity index (χ0n) is 20.7. The fraction of sp³-hybridized carbons (Fsp3) is 0.920. The highest BCUT2D eigenvalue weighted by Gasteiger charge is 2.03. The molecule has 0 unspecified atom stereocenters. The van der Waals surface area contributed by atoms with Gasteiger partial charge < -0.3 is 23.7 Å². The maximum Gasteiger partial charge on any atom is 0.305 e. The molecule has 0 aliphatic carbocycles. The second-order valence-corrected chi connectivity index (χ2v) is 7.96.